The van der Waals surface area contributed by atoms with Crippen LogP contribution in [0.3, 0.4) is 0 Å². The maximum absolute atomic E-state index is 13.5. The molecule has 2 N–H and O–H groups in total. The Labute approximate surface area is 168 Å². The van der Waals surface area contributed by atoms with Crippen molar-refractivity contribution in [2.75, 3.05) is 10.6 Å². The number of benzene rings is 3. The van der Waals surface area contributed by atoms with E-state index < -0.39 is 17.6 Å². The second kappa shape index (κ2) is 6.75. The highest BCUT2D eigenvalue weighted by molar-refractivity contribution is 7.99. The fourth-order valence-electron chi connectivity index (χ4n) is 3.03. The quantitative estimate of drug-likeness (QED) is 0.494. The Morgan fingerprint density at radius 1 is 1.07 bits per heavy atom. The van der Waals surface area contributed by atoms with Crippen LogP contribution in [0.25, 0.3) is 11.1 Å². The van der Waals surface area contributed by atoms with Crippen LogP contribution in [0.4, 0.5) is 16.1 Å². The Balaban J connectivity index is 1.43. The minimum absolute atomic E-state index is 0.0902. The first-order valence-electron chi connectivity index (χ1n) is 8.66. The standard InChI is InChI=1S/C21H12FN3O3S/c22-12-6-8-17-13(10-12)20(27)23-15-9-11(5-7-18(15)29-17)19(26)25-21-24-14-3-1-2-4-16(14)28-21/h1-10H,(H,23,27)(H,24,25,26). The summed E-state index contributed by atoms with van der Waals surface area (Å²) in [6.45, 7) is 0. The number of anilines is 2. The van der Waals surface area contributed by atoms with Crippen LogP contribution >= 0.6 is 11.8 Å². The summed E-state index contributed by atoms with van der Waals surface area (Å²) in [4.78, 5) is 30.7. The fraction of sp³-hybridized carbons (Fsp3) is 0. The lowest BCUT2D eigenvalue weighted by atomic mass is 10.1. The number of hydrogen-bond donors (Lipinski definition) is 2. The number of fused-ring (bicyclic) bond motifs is 3. The second-order valence-corrected chi connectivity index (χ2v) is 7.43. The molecule has 0 bridgehead atoms. The van der Waals surface area contributed by atoms with Crippen molar-refractivity contribution >= 4 is 46.4 Å². The van der Waals surface area contributed by atoms with Crippen molar-refractivity contribution in [3.63, 3.8) is 0 Å². The molecule has 0 aliphatic carbocycles. The molecule has 3 aromatic carbocycles. The van der Waals surface area contributed by atoms with Gasteiger partial charge in [0.2, 0.25) is 0 Å². The highest BCUT2D eigenvalue weighted by atomic mass is 32.2. The number of nitrogens with one attached hydrogen (secondary N) is 2. The van der Waals surface area contributed by atoms with Crippen LogP contribution < -0.4 is 10.6 Å². The van der Waals surface area contributed by atoms with Gasteiger partial charge in [-0.3, -0.25) is 14.9 Å². The van der Waals surface area contributed by atoms with Crippen LogP contribution in [-0.4, -0.2) is 16.8 Å². The number of hydrogen-bond acceptors (Lipinski definition) is 5. The van der Waals surface area contributed by atoms with E-state index in [1.807, 2.05) is 12.1 Å². The number of aromatic nitrogens is 1. The summed E-state index contributed by atoms with van der Waals surface area (Å²) < 4.78 is 19.0. The molecule has 1 aliphatic heterocycles. The Kier molecular flexibility index (Phi) is 4.06. The third-order valence-electron chi connectivity index (χ3n) is 4.41. The highest BCUT2D eigenvalue weighted by Gasteiger charge is 2.22. The smallest absolute Gasteiger partial charge is 0.302 e. The van der Waals surface area contributed by atoms with Gasteiger partial charge in [-0.15, -0.1) is 0 Å². The van der Waals surface area contributed by atoms with Crippen LogP contribution in [0.2, 0.25) is 0 Å². The van der Waals surface area contributed by atoms with E-state index in [4.69, 9.17) is 4.42 Å². The lowest BCUT2D eigenvalue weighted by Crippen LogP contribution is -2.14. The van der Waals surface area contributed by atoms with Crippen molar-refractivity contribution in [2.24, 2.45) is 0 Å². The molecule has 29 heavy (non-hydrogen) atoms. The predicted molar refractivity (Wildman–Crippen MR) is 107 cm³/mol. The minimum atomic E-state index is -0.483. The Morgan fingerprint density at radius 3 is 2.76 bits per heavy atom. The number of oxazole rings is 1. The van der Waals surface area contributed by atoms with Crippen molar-refractivity contribution in [2.45, 2.75) is 9.79 Å². The van der Waals surface area contributed by atoms with E-state index in [2.05, 4.69) is 15.6 Å². The summed E-state index contributed by atoms with van der Waals surface area (Å²) in [5.41, 5.74) is 2.26. The monoisotopic (exact) mass is 405 g/mol. The van der Waals surface area contributed by atoms with Gasteiger partial charge < -0.3 is 9.73 Å². The van der Waals surface area contributed by atoms with Gasteiger partial charge in [-0.2, -0.15) is 4.98 Å². The number of amides is 2. The molecule has 0 unspecified atom stereocenters. The van der Waals surface area contributed by atoms with Gasteiger partial charge in [-0.05, 0) is 48.5 Å². The van der Waals surface area contributed by atoms with E-state index in [9.17, 15) is 14.0 Å². The maximum atomic E-state index is 13.5. The van der Waals surface area contributed by atoms with Crippen LogP contribution in [0.15, 0.2) is 74.9 Å². The van der Waals surface area contributed by atoms with Gasteiger partial charge in [0.15, 0.2) is 5.58 Å². The molecule has 8 heteroatoms. The van der Waals surface area contributed by atoms with Crippen LogP contribution in [0.5, 0.6) is 0 Å². The van der Waals surface area contributed by atoms with E-state index in [0.29, 0.717) is 27.2 Å². The summed E-state index contributed by atoms with van der Waals surface area (Å²) in [6.07, 6.45) is 0. The first-order chi connectivity index (χ1) is 14.1. The van der Waals surface area contributed by atoms with Gasteiger partial charge >= 0.3 is 6.01 Å². The molecule has 0 radical (unpaired) electrons. The second-order valence-electron chi connectivity index (χ2n) is 6.35. The number of carbonyl (C=O) groups is 2. The molecule has 0 fully saturated rings. The molecular formula is C21H12FN3O3S. The van der Waals surface area contributed by atoms with Crippen LogP contribution in [-0.2, 0) is 0 Å². The van der Waals surface area contributed by atoms with Gasteiger partial charge in [0.1, 0.15) is 11.3 Å². The average molecular weight is 405 g/mol. The zero-order valence-corrected chi connectivity index (χ0v) is 15.5. The van der Waals surface area contributed by atoms with Crippen molar-refractivity contribution in [1.82, 2.24) is 4.98 Å². The van der Waals surface area contributed by atoms with Gasteiger partial charge in [-0.25, -0.2) is 4.39 Å². The largest absolute Gasteiger partial charge is 0.423 e. The molecule has 0 saturated carbocycles. The third kappa shape index (κ3) is 3.23. The summed E-state index contributed by atoms with van der Waals surface area (Å²) in [6, 6.07) is 16.3. The van der Waals surface area contributed by atoms with Gasteiger partial charge in [-0.1, -0.05) is 23.9 Å². The summed E-state index contributed by atoms with van der Waals surface area (Å²) in [7, 11) is 0. The van der Waals surface area contributed by atoms with Crippen molar-refractivity contribution in [1.29, 1.82) is 0 Å². The lowest BCUT2D eigenvalue weighted by Gasteiger charge is -2.08. The van der Waals surface area contributed by atoms with E-state index >= 15 is 0 Å². The molecule has 6 nitrogen and oxygen atoms in total. The molecule has 0 spiro atoms. The number of carbonyl (C=O) groups excluding carboxylic acids is 2. The predicted octanol–water partition coefficient (Wildman–Crippen LogP) is 4.94. The zero-order valence-electron chi connectivity index (χ0n) is 14.7. The summed E-state index contributed by atoms with van der Waals surface area (Å²) in [5.74, 6) is -1.34. The normalized spacial score (nSPS) is 12.7. The number of rotatable bonds is 2. The first-order valence-corrected chi connectivity index (χ1v) is 9.48. The lowest BCUT2D eigenvalue weighted by molar-refractivity contribution is 0.101. The van der Waals surface area contributed by atoms with Crippen LogP contribution in [0.1, 0.15) is 20.7 Å². The molecule has 5 rings (SSSR count). The molecule has 142 valence electrons. The highest BCUT2D eigenvalue weighted by Crippen LogP contribution is 2.39. The molecule has 0 atom stereocenters. The van der Waals surface area contributed by atoms with E-state index in [0.717, 1.165) is 4.90 Å². The molecule has 1 aromatic heterocycles. The molecule has 1 aliphatic rings. The topological polar surface area (TPSA) is 84.2 Å². The minimum Gasteiger partial charge on any atom is -0.423 e. The molecular weight excluding hydrogens is 393 g/mol. The SMILES string of the molecule is O=C(Nc1nc2ccccc2o1)c1ccc2c(c1)NC(=O)c1cc(F)ccc1S2. The molecule has 2 amide bonds. The summed E-state index contributed by atoms with van der Waals surface area (Å²) in [5, 5.41) is 5.36. The van der Waals surface area contributed by atoms with Gasteiger partial charge in [0.05, 0.1) is 11.3 Å². The average Bonchev–Trinajstić information content (AvgIpc) is 3.06. The Hall–Kier alpha value is -3.65. The van der Waals surface area contributed by atoms with Gasteiger partial charge in [0, 0.05) is 15.4 Å². The number of nitrogens with zero attached hydrogens (tertiary/aromatic N) is 1. The first kappa shape index (κ1) is 17.4. The van der Waals surface area contributed by atoms with Crippen molar-refractivity contribution in [3.8, 4) is 0 Å². The maximum Gasteiger partial charge on any atom is 0.302 e. The fourth-order valence-corrected chi connectivity index (χ4v) is 4.02. The number of halogens is 1. The van der Waals surface area contributed by atoms with Gasteiger partial charge in [0.25, 0.3) is 11.8 Å². The molecule has 4 aromatic rings. The van der Waals surface area contributed by atoms with E-state index in [1.54, 1.807) is 36.4 Å². The van der Waals surface area contributed by atoms with Crippen LogP contribution in [0, 0.1) is 5.82 Å². The molecule has 2 heterocycles. The zero-order chi connectivity index (χ0) is 20.0. The van der Waals surface area contributed by atoms with E-state index in [-0.39, 0.29) is 11.6 Å². The van der Waals surface area contributed by atoms with Crippen molar-refractivity contribution < 1.29 is 18.4 Å². The molecule has 0 saturated heterocycles. The third-order valence-corrected chi connectivity index (χ3v) is 5.56. The number of para-hydroxylation sites is 2. The van der Waals surface area contributed by atoms with E-state index in [1.165, 1.54) is 23.9 Å². The van der Waals surface area contributed by atoms with Crippen molar-refractivity contribution in [3.05, 3.63) is 77.6 Å². The Bertz CT molecular complexity index is 1270. The summed E-state index contributed by atoms with van der Waals surface area (Å²) >= 11 is 1.33. The Morgan fingerprint density at radius 2 is 1.90 bits per heavy atom.